The Balaban J connectivity index is 3.66. The number of ether oxygens (including phenoxy) is 4. The number of rotatable bonds is 5. The quantitative estimate of drug-likeness (QED) is 0.625. The summed E-state index contributed by atoms with van der Waals surface area (Å²) in [6.45, 7) is 1.76. The molecule has 1 aromatic rings. The van der Waals surface area contributed by atoms with Gasteiger partial charge in [0.2, 0.25) is 17.2 Å². The highest BCUT2D eigenvalue weighted by Crippen LogP contribution is 2.53. The van der Waals surface area contributed by atoms with Gasteiger partial charge in [-0.3, -0.25) is 0 Å². The molecule has 106 valence electrons. The zero-order valence-electron chi connectivity index (χ0n) is 11.1. The van der Waals surface area contributed by atoms with Crippen LogP contribution in [0, 0.1) is 0 Å². The van der Waals surface area contributed by atoms with Gasteiger partial charge in [-0.1, -0.05) is 6.92 Å². The van der Waals surface area contributed by atoms with E-state index in [1.807, 2.05) is 0 Å². The largest absolute Gasteiger partial charge is 0.511 e. The number of methoxy groups -OCH3 is 3. The lowest BCUT2D eigenvalue weighted by Gasteiger charge is -2.19. The van der Waals surface area contributed by atoms with E-state index in [-0.39, 0.29) is 23.0 Å². The van der Waals surface area contributed by atoms with Gasteiger partial charge < -0.3 is 29.2 Å². The minimum atomic E-state index is -1.54. The molecule has 0 aromatic heterocycles. The second-order valence-electron chi connectivity index (χ2n) is 3.48. The highest BCUT2D eigenvalue weighted by molar-refractivity contribution is 5.73. The fourth-order valence-corrected chi connectivity index (χ4v) is 1.81. The summed E-state index contributed by atoms with van der Waals surface area (Å²) in [5, 5.41) is 18.8. The Morgan fingerprint density at radius 2 is 1.53 bits per heavy atom. The third-order valence-electron chi connectivity index (χ3n) is 2.55. The Morgan fingerprint density at radius 1 is 1.00 bits per heavy atom. The van der Waals surface area contributed by atoms with Crippen LogP contribution in [0.4, 0.5) is 4.79 Å². The molecular formula is C12H16O7. The Kier molecular flexibility index (Phi) is 4.68. The first-order valence-corrected chi connectivity index (χ1v) is 5.46. The lowest BCUT2D eigenvalue weighted by molar-refractivity contribution is 0.141. The second kappa shape index (κ2) is 6.03. The molecule has 19 heavy (non-hydrogen) atoms. The van der Waals surface area contributed by atoms with Crippen LogP contribution in [0.5, 0.6) is 28.7 Å². The third kappa shape index (κ3) is 2.59. The topological polar surface area (TPSA) is 94.5 Å². The van der Waals surface area contributed by atoms with Gasteiger partial charge in [-0.25, -0.2) is 4.79 Å². The maximum absolute atomic E-state index is 10.7. The van der Waals surface area contributed by atoms with Crippen LogP contribution < -0.4 is 18.9 Å². The van der Waals surface area contributed by atoms with E-state index in [1.54, 1.807) is 6.92 Å². The van der Waals surface area contributed by atoms with Crippen molar-refractivity contribution in [2.75, 3.05) is 21.3 Å². The third-order valence-corrected chi connectivity index (χ3v) is 2.55. The van der Waals surface area contributed by atoms with Crippen molar-refractivity contribution in [1.29, 1.82) is 0 Å². The first-order valence-electron chi connectivity index (χ1n) is 5.46. The Labute approximate surface area is 110 Å². The number of aromatic hydroxyl groups is 1. The highest BCUT2D eigenvalue weighted by Gasteiger charge is 2.28. The molecular weight excluding hydrogens is 256 g/mol. The lowest BCUT2D eigenvalue weighted by atomic mass is 10.1. The van der Waals surface area contributed by atoms with E-state index in [9.17, 15) is 9.90 Å². The summed E-state index contributed by atoms with van der Waals surface area (Å²) in [4.78, 5) is 10.7. The molecule has 0 amide bonds. The Hall–Kier alpha value is -2.31. The van der Waals surface area contributed by atoms with Crippen LogP contribution in [-0.4, -0.2) is 37.7 Å². The van der Waals surface area contributed by atoms with Gasteiger partial charge in [0.25, 0.3) is 0 Å². The van der Waals surface area contributed by atoms with E-state index < -0.39 is 11.9 Å². The molecule has 0 radical (unpaired) electrons. The van der Waals surface area contributed by atoms with Gasteiger partial charge in [-0.15, -0.1) is 0 Å². The molecule has 0 aliphatic carbocycles. The summed E-state index contributed by atoms with van der Waals surface area (Å²) in [5.41, 5.74) is 0.375. The number of hydrogen-bond acceptors (Lipinski definition) is 6. The van der Waals surface area contributed by atoms with Gasteiger partial charge >= 0.3 is 6.16 Å². The number of phenols is 1. The van der Waals surface area contributed by atoms with E-state index >= 15 is 0 Å². The van der Waals surface area contributed by atoms with E-state index in [0.717, 1.165) is 0 Å². The van der Waals surface area contributed by atoms with Gasteiger partial charge in [0.15, 0.2) is 11.5 Å². The monoisotopic (exact) mass is 272 g/mol. The fourth-order valence-electron chi connectivity index (χ4n) is 1.81. The van der Waals surface area contributed by atoms with Crippen molar-refractivity contribution in [3.63, 3.8) is 0 Å². The van der Waals surface area contributed by atoms with Crippen LogP contribution >= 0.6 is 0 Å². The van der Waals surface area contributed by atoms with Gasteiger partial charge in [0.05, 0.1) is 21.3 Å². The fraction of sp³-hybridized carbons (Fsp3) is 0.417. The standard InChI is InChI=1S/C12H16O7/c1-5-6-8(19-12(14)15)7(13)10(17-3)11(18-4)9(6)16-2/h13H,5H2,1-4H3,(H,14,15). The molecule has 1 aromatic carbocycles. The van der Waals surface area contributed by atoms with Crippen LogP contribution in [0.1, 0.15) is 12.5 Å². The van der Waals surface area contributed by atoms with Crippen molar-refractivity contribution in [3.05, 3.63) is 5.56 Å². The first kappa shape index (κ1) is 14.7. The first-order chi connectivity index (χ1) is 9.01. The molecule has 0 aliphatic rings. The molecule has 0 saturated heterocycles. The highest BCUT2D eigenvalue weighted by atomic mass is 16.7. The zero-order chi connectivity index (χ0) is 14.6. The number of hydrogen-bond donors (Lipinski definition) is 2. The summed E-state index contributed by atoms with van der Waals surface area (Å²) in [7, 11) is 4.10. The Morgan fingerprint density at radius 3 is 1.89 bits per heavy atom. The SMILES string of the molecule is CCc1c(OC(=O)O)c(O)c(OC)c(OC)c1OC. The minimum absolute atomic E-state index is 0.0483. The van der Waals surface area contributed by atoms with Crippen LogP contribution in [0.3, 0.4) is 0 Å². The van der Waals surface area contributed by atoms with E-state index in [1.165, 1.54) is 21.3 Å². The summed E-state index contributed by atoms with van der Waals surface area (Å²) < 4.78 is 19.9. The molecule has 0 fully saturated rings. The maximum Gasteiger partial charge on any atom is 0.511 e. The van der Waals surface area contributed by atoms with Crippen molar-refractivity contribution in [1.82, 2.24) is 0 Å². The van der Waals surface area contributed by atoms with Gasteiger partial charge in [0.1, 0.15) is 0 Å². The molecule has 0 aliphatic heterocycles. The second-order valence-corrected chi connectivity index (χ2v) is 3.48. The van der Waals surface area contributed by atoms with Crippen molar-refractivity contribution in [3.8, 4) is 28.7 Å². The average molecular weight is 272 g/mol. The molecule has 1 rings (SSSR count). The van der Waals surface area contributed by atoms with Gasteiger partial charge in [0, 0.05) is 5.56 Å². The predicted octanol–water partition coefficient (Wildman–Crippen LogP) is 2.04. The normalized spacial score (nSPS) is 9.89. The molecule has 2 N–H and O–H groups in total. The number of phenolic OH excluding ortho intramolecular Hbond substituents is 1. The predicted molar refractivity (Wildman–Crippen MR) is 65.8 cm³/mol. The van der Waals surface area contributed by atoms with Crippen molar-refractivity contribution < 1.29 is 34.0 Å². The summed E-state index contributed by atoms with van der Waals surface area (Å²) in [6.07, 6.45) is -1.17. The van der Waals surface area contributed by atoms with Crippen LogP contribution in [0.2, 0.25) is 0 Å². The number of carbonyl (C=O) groups is 1. The smallest absolute Gasteiger partial charge is 0.502 e. The molecule has 0 atom stereocenters. The molecule has 0 bridgehead atoms. The maximum atomic E-state index is 10.7. The van der Waals surface area contributed by atoms with Gasteiger partial charge in [-0.2, -0.15) is 0 Å². The zero-order valence-corrected chi connectivity index (χ0v) is 11.1. The molecule has 0 spiro atoms. The minimum Gasteiger partial charge on any atom is -0.502 e. The lowest BCUT2D eigenvalue weighted by Crippen LogP contribution is -2.08. The van der Waals surface area contributed by atoms with E-state index in [2.05, 4.69) is 4.74 Å². The van der Waals surface area contributed by atoms with Crippen LogP contribution in [-0.2, 0) is 6.42 Å². The number of carboxylic acid groups (broad SMARTS) is 1. The van der Waals surface area contributed by atoms with E-state index in [4.69, 9.17) is 19.3 Å². The summed E-state index contributed by atoms with van der Waals surface area (Å²) >= 11 is 0. The summed E-state index contributed by atoms with van der Waals surface area (Å²) in [5.74, 6) is -0.273. The van der Waals surface area contributed by atoms with Crippen molar-refractivity contribution >= 4 is 6.16 Å². The van der Waals surface area contributed by atoms with Crippen LogP contribution in [0.25, 0.3) is 0 Å². The molecule has 7 heteroatoms. The van der Waals surface area contributed by atoms with Crippen molar-refractivity contribution in [2.24, 2.45) is 0 Å². The summed E-state index contributed by atoms with van der Waals surface area (Å²) in [6, 6.07) is 0. The molecule has 0 unspecified atom stereocenters. The molecule has 0 saturated carbocycles. The average Bonchev–Trinajstić information content (AvgIpc) is 2.39. The van der Waals surface area contributed by atoms with Crippen LogP contribution in [0.15, 0.2) is 0 Å². The van der Waals surface area contributed by atoms with Crippen molar-refractivity contribution in [2.45, 2.75) is 13.3 Å². The van der Waals surface area contributed by atoms with Gasteiger partial charge in [-0.05, 0) is 6.42 Å². The Bertz CT molecular complexity index is 482. The molecule has 0 heterocycles. The number of benzene rings is 1. The van der Waals surface area contributed by atoms with E-state index in [0.29, 0.717) is 12.0 Å². The molecule has 7 nitrogen and oxygen atoms in total.